The van der Waals surface area contributed by atoms with Gasteiger partial charge < -0.3 is 25.4 Å². The van der Waals surface area contributed by atoms with Gasteiger partial charge in [0.15, 0.2) is 0 Å². The van der Waals surface area contributed by atoms with Crippen LogP contribution in [0.3, 0.4) is 0 Å². The predicted molar refractivity (Wildman–Crippen MR) is 90.4 cm³/mol. The first kappa shape index (κ1) is 19.2. The maximum absolute atomic E-state index is 12.0. The van der Waals surface area contributed by atoms with E-state index in [-0.39, 0.29) is 30.3 Å². The zero-order chi connectivity index (χ0) is 15.9. The first-order valence-electron chi connectivity index (χ1n) is 7.16. The van der Waals surface area contributed by atoms with E-state index in [1.165, 1.54) is 14.0 Å². The number of hydrogen-bond acceptors (Lipinski definition) is 5. The van der Waals surface area contributed by atoms with E-state index in [4.69, 9.17) is 9.47 Å². The van der Waals surface area contributed by atoms with Gasteiger partial charge in [-0.3, -0.25) is 9.59 Å². The largest absolute Gasteiger partial charge is 0.494 e. The molecule has 1 aliphatic rings. The van der Waals surface area contributed by atoms with Gasteiger partial charge in [0.2, 0.25) is 11.8 Å². The Morgan fingerprint density at radius 1 is 1.39 bits per heavy atom. The third kappa shape index (κ3) is 6.05. The molecule has 1 atom stereocenters. The normalized spacial score (nSPS) is 16.9. The van der Waals surface area contributed by atoms with E-state index in [2.05, 4.69) is 16.0 Å². The summed E-state index contributed by atoms with van der Waals surface area (Å²) < 4.78 is 10.7. The molecule has 1 heterocycles. The SMILES string of the molecule is COc1cc(NC(=O)CC2CNCCO2)ccc1NC(C)=O.Cl. The van der Waals surface area contributed by atoms with Crippen LogP contribution < -0.4 is 20.7 Å². The van der Waals surface area contributed by atoms with Crippen LogP contribution in [-0.2, 0) is 14.3 Å². The summed E-state index contributed by atoms with van der Waals surface area (Å²) in [4.78, 5) is 23.1. The summed E-state index contributed by atoms with van der Waals surface area (Å²) in [7, 11) is 1.51. The molecule has 1 saturated heterocycles. The molecule has 2 amide bonds. The minimum atomic E-state index is -0.183. The fourth-order valence-electron chi connectivity index (χ4n) is 2.23. The van der Waals surface area contributed by atoms with Gasteiger partial charge in [0, 0.05) is 31.8 Å². The van der Waals surface area contributed by atoms with Crippen molar-refractivity contribution in [3.05, 3.63) is 18.2 Å². The minimum absolute atomic E-state index is 0. The Labute approximate surface area is 141 Å². The van der Waals surface area contributed by atoms with E-state index < -0.39 is 0 Å². The fourth-order valence-corrected chi connectivity index (χ4v) is 2.23. The first-order chi connectivity index (χ1) is 10.6. The van der Waals surface area contributed by atoms with E-state index in [1.54, 1.807) is 18.2 Å². The topological polar surface area (TPSA) is 88.7 Å². The Bertz CT molecular complexity index is 548. The van der Waals surface area contributed by atoms with Crippen LogP contribution in [0, 0.1) is 0 Å². The quantitative estimate of drug-likeness (QED) is 0.752. The highest BCUT2D eigenvalue weighted by Gasteiger charge is 2.17. The second kappa shape index (κ2) is 9.34. The highest BCUT2D eigenvalue weighted by atomic mass is 35.5. The van der Waals surface area contributed by atoms with E-state index in [0.29, 0.717) is 36.7 Å². The number of rotatable bonds is 5. The molecular formula is C15H22ClN3O4. The van der Waals surface area contributed by atoms with Crippen LogP contribution in [0.15, 0.2) is 18.2 Å². The van der Waals surface area contributed by atoms with Crippen LogP contribution in [0.2, 0.25) is 0 Å². The molecule has 128 valence electrons. The van der Waals surface area contributed by atoms with Crippen LogP contribution in [0.5, 0.6) is 5.75 Å². The summed E-state index contributed by atoms with van der Waals surface area (Å²) in [6.07, 6.45) is 0.192. The number of carbonyl (C=O) groups is 2. The number of morpholine rings is 1. The van der Waals surface area contributed by atoms with Gasteiger partial charge in [-0.05, 0) is 12.1 Å². The summed E-state index contributed by atoms with van der Waals surface area (Å²) in [5.41, 5.74) is 1.17. The van der Waals surface area contributed by atoms with Crippen molar-refractivity contribution in [1.82, 2.24) is 5.32 Å². The highest BCUT2D eigenvalue weighted by molar-refractivity contribution is 5.93. The van der Waals surface area contributed by atoms with Crippen molar-refractivity contribution in [2.45, 2.75) is 19.4 Å². The molecular weight excluding hydrogens is 322 g/mol. The third-order valence-electron chi connectivity index (χ3n) is 3.21. The lowest BCUT2D eigenvalue weighted by atomic mass is 10.2. The number of hydrogen-bond donors (Lipinski definition) is 3. The summed E-state index contributed by atoms with van der Waals surface area (Å²) >= 11 is 0. The number of methoxy groups -OCH3 is 1. The van der Waals surface area contributed by atoms with Crippen LogP contribution >= 0.6 is 12.4 Å². The Morgan fingerprint density at radius 3 is 2.78 bits per heavy atom. The number of anilines is 2. The van der Waals surface area contributed by atoms with Gasteiger partial charge in [-0.1, -0.05) is 0 Å². The molecule has 1 aliphatic heterocycles. The van der Waals surface area contributed by atoms with Crippen LogP contribution in [-0.4, -0.2) is 44.7 Å². The molecule has 23 heavy (non-hydrogen) atoms. The molecule has 8 heteroatoms. The van der Waals surface area contributed by atoms with E-state index in [9.17, 15) is 9.59 Å². The Morgan fingerprint density at radius 2 is 2.17 bits per heavy atom. The number of amides is 2. The molecule has 0 spiro atoms. The number of nitrogens with one attached hydrogen (secondary N) is 3. The average molecular weight is 344 g/mol. The summed E-state index contributed by atoms with van der Waals surface area (Å²) in [5.74, 6) is 0.184. The number of halogens is 1. The summed E-state index contributed by atoms with van der Waals surface area (Å²) in [6.45, 7) is 3.54. The molecule has 7 nitrogen and oxygen atoms in total. The molecule has 0 aliphatic carbocycles. The average Bonchev–Trinajstić information content (AvgIpc) is 2.49. The highest BCUT2D eigenvalue weighted by Crippen LogP contribution is 2.28. The van der Waals surface area contributed by atoms with Crippen molar-refractivity contribution >= 4 is 35.6 Å². The third-order valence-corrected chi connectivity index (χ3v) is 3.21. The van der Waals surface area contributed by atoms with Crippen molar-refractivity contribution in [3.8, 4) is 5.75 Å². The van der Waals surface area contributed by atoms with Gasteiger partial charge >= 0.3 is 0 Å². The monoisotopic (exact) mass is 343 g/mol. The van der Waals surface area contributed by atoms with Gasteiger partial charge in [-0.25, -0.2) is 0 Å². The maximum Gasteiger partial charge on any atom is 0.227 e. The van der Waals surface area contributed by atoms with Gasteiger partial charge in [-0.2, -0.15) is 0 Å². The van der Waals surface area contributed by atoms with Gasteiger partial charge in [-0.15, -0.1) is 12.4 Å². The molecule has 2 rings (SSSR count). The molecule has 1 aromatic carbocycles. The second-order valence-electron chi connectivity index (χ2n) is 5.05. The number of benzene rings is 1. The number of carbonyl (C=O) groups excluding carboxylic acids is 2. The molecule has 0 radical (unpaired) electrons. The number of ether oxygens (including phenoxy) is 2. The lowest BCUT2D eigenvalue weighted by molar-refractivity contribution is -0.119. The first-order valence-corrected chi connectivity index (χ1v) is 7.16. The van der Waals surface area contributed by atoms with Crippen molar-refractivity contribution in [3.63, 3.8) is 0 Å². The predicted octanol–water partition coefficient (Wildman–Crippen LogP) is 1.39. The van der Waals surface area contributed by atoms with Crippen LogP contribution in [0.4, 0.5) is 11.4 Å². The molecule has 3 N–H and O–H groups in total. The molecule has 0 saturated carbocycles. The molecule has 1 fully saturated rings. The van der Waals surface area contributed by atoms with E-state index in [1.807, 2.05) is 0 Å². The van der Waals surface area contributed by atoms with Crippen molar-refractivity contribution in [2.75, 3.05) is 37.4 Å². The zero-order valence-electron chi connectivity index (χ0n) is 13.2. The zero-order valence-corrected chi connectivity index (χ0v) is 14.0. The smallest absolute Gasteiger partial charge is 0.227 e. The summed E-state index contributed by atoms with van der Waals surface area (Å²) in [6, 6.07) is 5.07. The molecule has 1 aromatic rings. The fraction of sp³-hybridized carbons (Fsp3) is 0.467. The van der Waals surface area contributed by atoms with Crippen LogP contribution in [0.1, 0.15) is 13.3 Å². The van der Waals surface area contributed by atoms with E-state index in [0.717, 1.165) is 6.54 Å². The Balaban J connectivity index is 0.00000264. The second-order valence-corrected chi connectivity index (χ2v) is 5.05. The van der Waals surface area contributed by atoms with Crippen molar-refractivity contribution in [1.29, 1.82) is 0 Å². The minimum Gasteiger partial charge on any atom is -0.494 e. The van der Waals surface area contributed by atoms with Crippen molar-refractivity contribution in [2.24, 2.45) is 0 Å². The molecule has 0 bridgehead atoms. The van der Waals surface area contributed by atoms with Crippen LogP contribution in [0.25, 0.3) is 0 Å². The Hall–Kier alpha value is -1.83. The van der Waals surface area contributed by atoms with Gasteiger partial charge in [0.1, 0.15) is 5.75 Å². The van der Waals surface area contributed by atoms with Crippen molar-refractivity contribution < 1.29 is 19.1 Å². The van der Waals surface area contributed by atoms with E-state index >= 15 is 0 Å². The lowest BCUT2D eigenvalue weighted by Gasteiger charge is -2.23. The lowest BCUT2D eigenvalue weighted by Crippen LogP contribution is -2.40. The standard InChI is InChI=1S/C15H21N3O4.ClH/c1-10(19)17-13-4-3-11(7-14(13)21-2)18-15(20)8-12-9-16-5-6-22-12;/h3-4,7,12,16H,5-6,8-9H2,1-2H3,(H,17,19)(H,18,20);1H. The summed E-state index contributed by atoms with van der Waals surface area (Å²) in [5, 5.41) is 8.65. The maximum atomic E-state index is 12.0. The molecule has 0 aromatic heterocycles. The van der Waals surface area contributed by atoms with Gasteiger partial charge in [0.25, 0.3) is 0 Å². The molecule has 1 unspecified atom stereocenters. The Kier molecular flexibility index (Phi) is 7.80. The van der Waals surface area contributed by atoms with Gasteiger partial charge in [0.05, 0.1) is 31.9 Å².